The fourth-order valence-corrected chi connectivity index (χ4v) is 1.97. The summed E-state index contributed by atoms with van der Waals surface area (Å²) in [6, 6.07) is 9.13. The van der Waals surface area contributed by atoms with Crippen LogP contribution in [-0.2, 0) is 13.6 Å². The standard InChI is InChI=1S/C13H14ClN3O/c1-17-6-2-3-10(17)8-16-9-4-5-11(13(15)18)12(14)7-9/h2-7,16H,8H2,1H3,(H2,15,18). The number of hydrogen-bond donors (Lipinski definition) is 2. The molecule has 0 aliphatic carbocycles. The Labute approximate surface area is 110 Å². The third-order valence-corrected chi connectivity index (χ3v) is 3.07. The molecule has 2 aromatic rings. The first-order chi connectivity index (χ1) is 8.58. The highest BCUT2D eigenvalue weighted by atomic mass is 35.5. The molecule has 94 valence electrons. The largest absolute Gasteiger partial charge is 0.379 e. The zero-order valence-corrected chi connectivity index (χ0v) is 10.7. The van der Waals surface area contributed by atoms with Crippen LogP contribution in [0.5, 0.6) is 0 Å². The third kappa shape index (κ3) is 2.65. The second-order valence-electron chi connectivity index (χ2n) is 4.02. The van der Waals surface area contributed by atoms with Gasteiger partial charge in [0.25, 0.3) is 0 Å². The van der Waals surface area contributed by atoms with Crippen molar-refractivity contribution in [1.82, 2.24) is 4.57 Å². The summed E-state index contributed by atoms with van der Waals surface area (Å²) in [6.07, 6.45) is 1.99. The summed E-state index contributed by atoms with van der Waals surface area (Å²) in [5, 5.41) is 3.60. The molecule has 0 bridgehead atoms. The van der Waals surface area contributed by atoms with Crippen LogP contribution < -0.4 is 11.1 Å². The minimum atomic E-state index is -0.519. The first-order valence-electron chi connectivity index (χ1n) is 5.51. The summed E-state index contributed by atoms with van der Waals surface area (Å²) in [5.74, 6) is -0.519. The maximum Gasteiger partial charge on any atom is 0.250 e. The number of rotatable bonds is 4. The number of hydrogen-bond acceptors (Lipinski definition) is 2. The highest BCUT2D eigenvalue weighted by molar-refractivity contribution is 6.34. The van der Waals surface area contributed by atoms with Crippen molar-refractivity contribution in [2.45, 2.75) is 6.54 Å². The predicted molar refractivity (Wildman–Crippen MR) is 72.7 cm³/mol. The van der Waals surface area contributed by atoms with Gasteiger partial charge >= 0.3 is 0 Å². The van der Waals surface area contributed by atoms with Crippen LogP contribution in [0, 0.1) is 0 Å². The van der Waals surface area contributed by atoms with Gasteiger partial charge in [0.15, 0.2) is 0 Å². The molecule has 5 heteroatoms. The molecule has 0 aliphatic heterocycles. The summed E-state index contributed by atoms with van der Waals surface area (Å²) in [7, 11) is 1.99. The van der Waals surface area contributed by atoms with Gasteiger partial charge in [-0.2, -0.15) is 0 Å². The van der Waals surface area contributed by atoms with Crippen molar-refractivity contribution < 1.29 is 4.79 Å². The molecule has 4 nitrogen and oxygen atoms in total. The normalized spacial score (nSPS) is 10.3. The van der Waals surface area contributed by atoms with Crippen LogP contribution in [0.4, 0.5) is 5.69 Å². The SMILES string of the molecule is Cn1cccc1CNc1ccc(C(N)=O)c(Cl)c1. The lowest BCUT2D eigenvalue weighted by molar-refractivity contribution is 0.100. The van der Waals surface area contributed by atoms with Crippen LogP contribution in [0.3, 0.4) is 0 Å². The van der Waals surface area contributed by atoms with Gasteiger partial charge in [0.05, 0.1) is 17.1 Å². The van der Waals surface area contributed by atoms with Crippen LogP contribution >= 0.6 is 11.6 Å². The Hall–Kier alpha value is -1.94. The molecule has 0 unspecified atom stereocenters. The van der Waals surface area contributed by atoms with E-state index in [9.17, 15) is 4.79 Å². The van der Waals surface area contributed by atoms with E-state index >= 15 is 0 Å². The number of carbonyl (C=O) groups excluding carboxylic acids is 1. The van der Waals surface area contributed by atoms with E-state index in [1.165, 1.54) is 0 Å². The zero-order valence-electron chi connectivity index (χ0n) is 9.98. The van der Waals surface area contributed by atoms with Gasteiger partial charge in [0, 0.05) is 24.6 Å². The van der Waals surface area contributed by atoms with Gasteiger partial charge in [0.2, 0.25) is 5.91 Å². The molecule has 1 aromatic heterocycles. The Bertz CT molecular complexity index is 577. The van der Waals surface area contributed by atoms with Gasteiger partial charge in [-0.3, -0.25) is 4.79 Å². The minimum Gasteiger partial charge on any atom is -0.379 e. The molecule has 0 aliphatic rings. The maximum absolute atomic E-state index is 11.0. The van der Waals surface area contributed by atoms with Gasteiger partial charge in [0.1, 0.15) is 0 Å². The lowest BCUT2D eigenvalue weighted by atomic mass is 10.2. The number of aromatic nitrogens is 1. The minimum absolute atomic E-state index is 0.334. The Morgan fingerprint density at radius 3 is 2.78 bits per heavy atom. The van der Waals surface area contributed by atoms with E-state index in [4.69, 9.17) is 17.3 Å². The smallest absolute Gasteiger partial charge is 0.250 e. The van der Waals surface area contributed by atoms with E-state index < -0.39 is 5.91 Å². The van der Waals surface area contributed by atoms with Gasteiger partial charge in [-0.05, 0) is 30.3 Å². The molecule has 1 amide bonds. The topological polar surface area (TPSA) is 60.1 Å². The average molecular weight is 264 g/mol. The first-order valence-corrected chi connectivity index (χ1v) is 5.89. The number of halogens is 1. The Kier molecular flexibility index (Phi) is 3.58. The number of amides is 1. The molecular formula is C13H14ClN3O. The van der Waals surface area contributed by atoms with E-state index in [1.807, 2.05) is 29.9 Å². The number of primary amides is 1. The van der Waals surface area contributed by atoms with Crippen molar-refractivity contribution in [3.8, 4) is 0 Å². The number of aryl methyl sites for hydroxylation is 1. The molecule has 0 saturated carbocycles. The molecule has 2 rings (SSSR count). The van der Waals surface area contributed by atoms with Crippen LogP contribution in [-0.4, -0.2) is 10.5 Å². The van der Waals surface area contributed by atoms with Crippen LogP contribution in [0.1, 0.15) is 16.1 Å². The highest BCUT2D eigenvalue weighted by Crippen LogP contribution is 2.21. The van der Waals surface area contributed by atoms with E-state index in [1.54, 1.807) is 18.2 Å². The number of anilines is 1. The van der Waals surface area contributed by atoms with E-state index in [0.717, 1.165) is 11.4 Å². The van der Waals surface area contributed by atoms with Gasteiger partial charge in [-0.15, -0.1) is 0 Å². The van der Waals surface area contributed by atoms with Crippen molar-refractivity contribution in [1.29, 1.82) is 0 Å². The lowest BCUT2D eigenvalue weighted by Gasteiger charge is -2.09. The summed E-state index contributed by atoms with van der Waals surface area (Å²) in [6.45, 7) is 0.690. The Morgan fingerprint density at radius 1 is 1.44 bits per heavy atom. The zero-order chi connectivity index (χ0) is 13.1. The van der Waals surface area contributed by atoms with Crippen molar-refractivity contribution in [3.05, 3.63) is 52.8 Å². The van der Waals surface area contributed by atoms with Gasteiger partial charge < -0.3 is 15.6 Å². The second kappa shape index (κ2) is 5.14. The molecular weight excluding hydrogens is 250 g/mol. The maximum atomic E-state index is 11.0. The predicted octanol–water partition coefficient (Wildman–Crippen LogP) is 2.39. The monoisotopic (exact) mass is 263 g/mol. The molecule has 1 heterocycles. The molecule has 0 spiro atoms. The van der Waals surface area contributed by atoms with Crippen LogP contribution in [0.25, 0.3) is 0 Å². The van der Waals surface area contributed by atoms with E-state index in [0.29, 0.717) is 17.1 Å². The van der Waals surface area contributed by atoms with Crippen molar-refractivity contribution >= 4 is 23.2 Å². The number of nitrogens with two attached hydrogens (primary N) is 1. The average Bonchev–Trinajstić information content (AvgIpc) is 2.72. The van der Waals surface area contributed by atoms with Crippen molar-refractivity contribution in [2.75, 3.05) is 5.32 Å². The fraction of sp³-hybridized carbons (Fsp3) is 0.154. The quantitative estimate of drug-likeness (QED) is 0.890. The number of nitrogens with one attached hydrogen (secondary N) is 1. The molecule has 3 N–H and O–H groups in total. The molecule has 0 radical (unpaired) electrons. The molecule has 18 heavy (non-hydrogen) atoms. The number of benzene rings is 1. The molecule has 0 fully saturated rings. The first kappa shape index (κ1) is 12.5. The lowest BCUT2D eigenvalue weighted by Crippen LogP contribution is -2.11. The number of nitrogens with zero attached hydrogens (tertiary/aromatic N) is 1. The number of carbonyl (C=O) groups is 1. The molecule has 0 saturated heterocycles. The molecule has 1 aromatic carbocycles. The fourth-order valence-electron chi connectivity index (χ4n) is 1.70. The third-order valence-electron chi connectivity index (χ3n) is 2.76. The van der Waals surface area contributed by atoms with E-state index in [2.05, 4.69) is 5.32 Å². The van der Waals surface area contributed by atoms with Gasteiger partial charge in [-0.1, -0.05) is 11.6 Å². The summed E-state index contributed by atoms with van der Waals surface area (Å²) in [4.78, 5) is 11.0. The van der Waals surface area contributed by atoms with Crippen molar-refractivity contribution in [3.63, 3.8) is 0 Å². The Balaban J connectivity index is 2.09. The Morgan fingerprint density at radius 2 is 2.22 bits per heavy atom. The van der Waals surface area contributed by atoms with Crippen molar-refractivity contribution in [2.24, 2.45) is 12.8 Å². The highest BCUT2D eigenvalue weighted by Gasteiger charge is 2.07. The second-order valence-corrected chi connectivity index (χ2v) is 4.43. The van der Waals surface area contributed by atoms with Crippen LogP contribution in [0.15, 0.2) is 36.5 Å². The summed E-state index contributed by atoms with van der Waals surface area (Å²) >= 11 is 5.97. The van der Waals surface area contributed by atoms with Crippen LogP contribution in [0.2, 0.25) is 5.02 Å². The van der Waals surface area contributed by atoms with E-state index in [-0.39, 0.29) is 0 Å². The summed E-state index contributed by atoms with van der Waals surface area (Å²) < 4.78 is 2.03. The summed E-state index contributed by atoms with van der Waals surface area (Å²) in [5.41, 5.74) is 7.53. The molecule has 0 atom stereocenters. The van der Waals surface area contributed by atoms with Gasteiger partial charge in [-0.25, -0.2) is 0 Å².